The Morgan fingerprint density at radius 2 is 2.16 bits per heavy atom. The molecule has 0 aromatic heterocycles. The van der Waals surface area contributed by atoms with E-state index < -0.39 is 0 Å². The lowest BCUT2D eigenvalue weighted by Crippen LogP contribution is -2.28. The van der Waals surface area contributed by atoms with Gasteiger partial charge < -0.3 is 19.5 Å². The number of hydrogen-bond acceptors (Lipinski definition) is 4. The SMILES string of the molecule is COc1cc2c(c(C3CCCCN3)c1Cl)OCCO2. The minimum absolute atomic E-state index is 0.215. The average Bonchev–Trinajstić information content (AvgIpc) is 2.47. The molecule has 0 spiro atoms. The Labute approximate surface area is 118 Å². The summed E-state index contributed by atoms with van der Waals surface area (Å²) in [5.41, 5.74) is 0.982. The normalized spacial score (nSPS) is 22.1. The van der Waals surface area contributed by atoms with Crippen molar-refractivity contribution in [1.82, 2.24) is 5.32 Å². The molecule has 0 aliphatic carbocycles. The highest BCUT2D eigenvalue weighted by Gasteiger charge is 2.28. The van der Waals surface area contributed by atoms with E-state index >= 15 is 0 Å². The number of ether oxygens (including phenoxy) is 3. The van der Waals surface area contributed by atoms with Crippen molar-refractivity contribution in [2.75, 3.05) is 26.9 Å². The second-order valence-electron chi connectivity index (χ2n) is 4.83. The molecule has 0 saturated carbocycles. The van der Waals surface area contributed by atoms with Crippen molar-refractivity contribution in [2.45, 2.75) is 25.3 Å². The van der Waals surface area contributed by atoms with Crippen molar-refractivity contribution in [1.29, 1.82) is 0 Å². The Hall–Kier alpha value is -1.13. The van der Waals surface area contributed by atoms with E-state index in [0.29, 0.717) is 24.0 Å². The number of benzene rings is 1. The zero-order valence-corrected chi connectivity index (χ0v) is 11.8. The number of nitrogens with one attached hydrogen (secondary N) is 1. The van der Waals surface area contributed by atoms with Crippen LogP contribution in [0.15, 0.2) is 6.07 Å². The van der Waals surface area contributed by atoms with Gasteiger partial charge in [-0.15, -0.1) is 0 Å². The first-order chi connectivity index (χ1) is 9.31. The van der Waals surface area contributed by atoms with Crippen molar-refractivity contribution in [3.05, 3.63) is 16.7 Å². The predicted molar refractivity (Wildman–Crippen MR) is 73.6 cm³/mol. The predicted octanol–water partition coefficient (Wildman–Crippen LogP) is 2.93. The number of fused-ring (bicyclic) bond motifs is 1. The first-order valence-electron chi connectivity index (χ1n) is 6.70. The van der Waals surface area contributed by atoms with Gasteiger partial charge in [0.05, 0.1) is 12.1 Å². The molecule has 2 heterocycles. The van der Waals surface area contributed by atoms with E-state index in [2.05, 4.69) is 5.32 Å². The van der Waals surface area contributed by atoms with Crippen molar-refractivity contribution in [3.63, 3.8) is 0 Å². The second kappa shape index (κ2) is 5.47. The van der Waals surface area contributed by atoms with Crippen LogP contribution in [0.25, 0.3) is 0 Å². The summed E-state index contributed by atoms with van der Waals surface area (Å²) in [7, 11) is 1.62. The largest absolute Gasteiger partial charge is 0.495 e. The lowest BCUT2D eigenvalue weighted by molar-refractivity contribution is 0.167. The van der Waals surface area contributed by atoms with Gasteiger partial charge in [0.25, 0.3) is 0 Å². The van der Waals surface area contributed by atoms with Crippen molar-refractivity contribution in [3.8, 4) is 17.2 Å². The van der Waals surface area contributed by atoms with E-state index in [9.17, 15) is 0 Å². The van der Waals surface area contributed by atoms with E-state index in [-0.39, 0.29) is 6.04 Å². The van der Waals surface area contributed by atoms with Crippen LogP contribution in [-0.4, -0.2) is 26.9 Å². The van der Waals surface area contributed by atoms with Gasteiger partial charge in [0.2, 0.25) is 0 Å². The number of methoxy groups -OCH3 is 1. The van der Waals surface area contributed by atoms with Gasteiger partial charge in [-0.3, -0.25) is 0 Å². The Morgan fingerprint density at radius 1 is 1.32 bits per heavy atom. The lowest BCUT2D eigenvalue weighted by Gasteiger charge is -2.30. The van der Waals surface area contributed by atoms with Crippen molar-refractivity contribution < 1.29 is 14.2 Å². The van der Waals surface area contributed by atoms with Gasteiger partial charge in [-0.25, -0.2) is 0 Å². The van der Waals surface area contributed by atoms with Crippen LogP contribution in [0.2, 0.25) is 5.02 Å². The highest BCUT2D eigenvalue weighted by atomic mass is 35.5. The van der Waals surface area contributed by atoms with Gasteiger partial charge in [-0.05, 0) is 19.4 Å². The Morgan fingerprint density at radius 3 is 2.89 bits per heavy atom. The van der Waals surface area contributed by atoms with E-state index in [0.717, 1.165) is 30.0 Å². The molecule has 1 aromatic carbocycles. The fourth-order valence-corrected chi connectivity index (χ4v) is 3.07. The average molecular weight is 284 g/mol. The topological polar surface area (TPSA) is 39.7 Å². The van der Waals surface area contributed by atoms with Crippen LogP contribution in [0, 0.1) is 0 Å². The van der Waals surface area contributed by atoms with Gasteiger partial charge in [0.15, 0.2) is 11.5 Å². The zero-order chi connectivity index (χ0) is 13.2. The van der Waals surface area contributed by atoms with E-state index in [1.807, 2.05) is 6.07 Å². The summed E-state index contributed by atoms with van der Waals surface area (Å²) in [5, 5.41) is 4.13. The van der Waals surface area contributed by atoms with Crippen LogP contribution in [-0.2, 0) is 0 Å². The quantitative estimate of drug-likeness (QED) is 0.906. The summed E-state index contributed by atoms with van der Waals surface area (Å²) in [6.07, 6.45) is 3.46. The molecule has 1 unspecified atom stereocenters. The Kier molecular flexibility index (Phi) is 3.71. The van der Waals surface area contributed by atoms with Crippen LogP contribution >= 0.6 is 11.6 Å². The number of rotatable bonds is 2. The summed E-state index contributed by atoms with van der Waals surface area (Å²) in [4.78, 5) is 0. The van der Waals surface area contributed by atoms with Crippen LogP contribution < -0.4 is 19.5 Å². The van der Waals surface area contributed by atoms with Gasteiger partial charge in [0.1, 0.15) is 19.0 Å². The van der Waals surface area contributed by atoms with Gasteiger partial charge in [-0.1, -0.05) is 18.0 Å². The number of piperidine rings is 1. The van der Waals surface area contributed by atoms with Crippen LogP contribution in [0.3, 0.4) is 0 Å². The molecule has 1 atom stereocenters. The first-order valence-corrected chi connectivity index (χ1v) is 7.08. The molecule has 5 heteroatoms. The van der Waals surface area contributed by atoms with Crippen LogP contribution in [0.1, 0.15) is 30.9 Å². The molecule has 104 valence electrons. The molecule has 1 saturated heterocycles. The smallest absolute Gasteiger partial charge is 0.167 e. The molecule has 19 heavy (non-hydrogen) atoms. The van der Waals surface area contributed by atoms with Crippen molar-refractivity contribution >= 4 is 11.6 Å². The molecule has 1 fully saturated rings. The van der Waals surface area contributed by atoms with Crippen LogP contribution in [0.5, 0.6) is 17.2 Å². The molecule has 0 radical (unpaired) electrons. The molecule has 3 rings (SSSR count). The second-order valence-corrected chi connectivity index (χ2v) is 5.21. The van der Waals surface area contributed by atoms with Crippen molar-refractivity contribution in [2.24, 2.45) is 0 Å². The minimum atomic E-state index is 0.215. The summed E-state index contributed by atoms with van der Waals surface area (Å²) in [6.45, 7) is 2.14. The summed E-state index contributed by atoms with van der Waals surface area (Å²) in [5.74, 6) is 2.15. The minimum Gasteiger partial charge on any atom is -0.495 e. The molecular weight excluding hydrogens is 266 g/mol. The summed E-state index contributed by atoms with van der Waals surface area (Å²) >= 11 is 6.48. The van der Waals surface area contributed by atoms with E-state index in [1.54, 1.807) is 7.11 Å². The van der Waals surface area contributed by atoms with E-state index in [1.165, 1.54) is 12.8 Å². The molecule has 0 amide bonds. The number of halogens is 1. The van der Waals surface area contributed by atoms with Gasteiger partial charge in [0, 0.05) is 17.7 Å². The standard InChI is InChI=1S/C14H18ClNO3/c1-17-10-8-11-14(19-7-6-18-11)12(13(10)15)9-4-2-3-5-16-9/h8-9,16H,2-7H2,1H3. The lowest BCUT2D eigenvalue weighted by atomic mass is 9.96. The maximum absolute atomic E-state index is 6.48. The first kappa shape index (κ1) is 12.9. The third-order valence-corrected chi connectivity index (χ3v) is 4.04. The molecule has 1 aromatic rings. The fourth-order valence-electron chi connectivity index (χ4n) is 2.72. The zero-order valence-electron chi connectivity index (χ0n) is 11.0. The molecule has 1 N–H and O–H groups in total. The fraction of sp³-hybridized carbons (Fsp3) is 0.571. The van der Waals surface area contributed by atoms with Gasteiger partial charge in [-0.2, -0.15) is 0 Å². The third-order valence-electron chi connectivity index (χ3n) is 3.65. The van der Waals surface area contributed by atoms with Gasteiger partial charge >= 0.3 is 0 Å². The maximum Gasteiger partial charge on any atom is 0.167 e. The molecular formula is C14H18ClNO3. The monoisotopic (exact) mass is 283 g/mol. The molecule has 0 bridgehead atoms. The molecule has 4 nitrogen and oxygen atoms in total. The third kappa shape index (κ3) is 2.35. The van der Waals surface area contributed by atoms with Crippen LogP contribution in [0.4, 0.5) is 0 Å². The highest BCUT2D eigenvalue weighted by molar-refractivity contribution is 6.33. The Bertz CT molecular complexity index is 472. The highest BCUT2D eigenvalue weighted by Crippen LogP contribution is 2.47. The summed E-state index contributed by atoms with van der Waals surface area (Å²) in [6, 6.07) is 2.02. The maximum atomic E-state index is 6.48. The number of hydrogen-bond donors (Lipinski definition) is 1. The summed E-state index contributed by atoms with van der Waals surface area (Å²) < 4.78 is 16.8. The molecule has 2 aliphatic heterocycles. The molecule has 2 aliphatic rings. The van der Waals surface area contributed by atoms with E-state index in [4.69, 9.17) is 25.8 Å². The Balaban J connectivity index is 2.08.